The fourth-order valence-electron chi connectivity index (χ4n) is 0.276. The first-order chi connectivity index (χ1) is 4.52. The van der Waals surface area contributed by atoms with Crippen LogP contribution in [-0.4, -0.2) is 0 Å². The molecule has 0 bridgehead atoms. The number of hydrogen-bond donors (Lipinski definition) is 0. The first kappa shape index (κ1) is 2.71. The molecular formula is C7H12. The molecule has 0 aromatic heterocycles. The topological polar surface area (TPSA) is 0 Å². The first-order valence-electron chi connectivity index (χ1n) is 3.82. The Balaban J connectivity index is 4.39. The summed E-state index contributed by atoms with van der Waals surface area (Å²) >= 11 is 0. The van der Waals surface area contributed by atoms with E-state index in [-0.39, 0.29) is 0 Å². The minimum atomic E-state index is -1.96. The van der Waals surface area contributed by atoms with Gasteiger partial charge in [-0.15, -0.1) is 0 Å². The van der Waals surface area contributed by atoms with Crippen molar-refractivity contribution in [2.45, 2.75) is 20.7 Å². The van der Waals surface area contributed by atoms with E-state index in [1.54, 1.807) is 32.1 Å². The van der Waals surface area contributed by atoms with Crippen LogP contribution in [0.15, 0.2) is 23.8 Å². The highest BCUT2D eigenvalue weighted by atomic mass is 13.8. The van der Waals surface area contributed by atoms with Crippen molar-refractivity contribution in [2.24, 2.45) is 0 Å². The van der Waals surface area contributed by atoms with Gasteiger partial charge < -0.3 is 0 Å². The maximum atomic E-state index is 7.01. The van der Waals surface area contributed by atoms with E-state index in [9.17, 15) is 0 Å². The molecule has 0 amide bonds. The van der Waals surface area contributed by atoms with Crippen molar-refractivity contribution in [1.82, 2.24) is 0 Å². The minimum absolute atomic E-state index is 0.398. The van der Waals surface area contributed by atoms with Gasteiger partial charge in [0.05, 0.1) is 0 Å². The highest BCUT2D eigenvalue weighted by Crippen LogP contribution is 1.91. The zero-order valence-electron chi connectivity index (χ0n) is 7.73. The van der Waals surface area contributed by atoms with Crippen LogP contribution in [0.3, 0.4) is 0 Å². The molecule has 0 saturated heterocycles. The van der Waals surface area contributed by atoms with Crippen LogP contribution in [0, 0.1) is 0 Å². The van der Waals surface area contributed by atoms with Crippen LogP contribution in [0.4, 0.5) is 0 Å². The fraction of sp³-hybridized carbons (Fsp3) is 0.429. The Bertz CT molecular complexity index is 151. The van der Waals surface area contributed by atoms with E-state index in [1.165, 1.54) is 0 Å². The van der Waals surface area contributed by atoms with E-state index in [1.807, 2.05) is 0 Å². The Hall–Kier alpha value is -0.520. The molecule has 0 rings (SSSR count). The van der Waals surface area contributed by atoms with E-state index >= 15 is 0 Å². The van der Waals surface area contributed by atoms with Crippen LogP contribution >= 0.6 is 0 Å². The normalized spacial score (nSPS) is 21.4. The number of allylic oxidation sites excluding steroid dienone is 4. The van der Waals surface area contributed by atoms with Crippen LogP contribution in [0.2, 0.25) is 0 Å². The molecule has 7 heavy (non-hydrogen) atoms. The molecule has 0 radical (unpaired) electrons. The van der Waals surface area contributed by atoms with E-state index < -0.39 is 6.85 Å². The van der Waals surface area contributed by atoms with Crippen molar-refractivity contribution in [1.29, 1.82) is 0 Å². The van der Waals surface area contributed by atoms with Crippen LogP contribution in [0.5, 0.6) is 0 Å². The Labute approximate surface area is 49.8 Å². The highest BCUT2D eigenvalue weighted by molar-refractivity contribution is 5.13. The van der Waals surface area contributed by atoms with Gasteiger partial charge in [0, 0.05) is 4.11 Å². The lowest BCUT2D eigenvalue weighted by Crippen LogP contribution is -1.60. The molecular weight excluding hydrogens is 84.1 g/mol. The third-order valence-electron chi connectivity index (χ3n) is 0.657. The van der Waals surface area contributed by atoms with Crippen molar-refractivity contribution >= 4 is 0 Å². The van der Waals surface area contributed by atoms with Gasteiger partial charge in [-0.3, -0.25) is 0 Å². The van der Waals surface area contributed by atoms with Gasteiger partial charge >= 0.3 is 0 Å². The standard InChI is InChI=1S/C7H12/c1-4-6-7(3)5-2/h4-6H,1-3H3/b6-4-,7-5-/i3D3. The average molecular weight is 99.2 g/mol. The molecule has 0 spiro atoms. The molecule has 0 aliphatic rings. The zero-order chi connectivity index (χ0) is 8.20. The van der Waals surface area contributed by atoms with Gasteiger partial charge in [0.1, 0.15) is 0 Å². The van der Waals surface area contributed by atoms with Gasteiger partial charge in [-0.25, -0.2) is 0 Å². The lowest BCUT2D eigenvalue weighted by atomic mass is 10.3. The van der Waals surface area contributed by atoms with E-state index in [2.05, 4.69) is 0 Å². The summed E-state index contributed by atoms with van der Waals surface area (Å²) in [5, 5.41) is 0. The highest BCUT2D eigenvalue weighted by Gasteiger charge is 1.69. The van der Waals surface area contributed by atoms with Crippen molar-refractivity contribution in [2.75, 3.05) is 0 Å². The van der Waals surface area contributed by atoms with Crippen LogP contribution in [-0.2, 0) is 0 Å². The summed E-state index contributed by atoms with van der Waals surface area (Å²) in [6.07, 6.45) is 4.93. The molecule has 0 atom stereocenters. The van der Waals surface area contributed by atoms with Crippen molar-refractivity contribution in [3.05, 3.63) is 23.8 Å². The summed E-state index contributed by atoms with van der Waals surface area (Å²) in [4.78, 5) is 0. The summed E-state index contributed by atoms with van der Waals surface area (Å²) in [6.45, 7) is 1.57. The quantitative estimate of drug-likeness (QED) is 0.443. The molecule has 0 nitrogen and oxygen atoms in total. The molecule has 0 fully saturated rings. The minimum Gasteiger partial charge on any atom is -0.0874 e. The molecule has 0 aromatic carbocycles. The SMILES string of the molecule is [2H]C([2H])([2H])C(/C=C\C)=C/C. The van der Waals surface area contributed by atoms with Crippen molar-refractivity contribution < 1.29 is 4.11 Å². The zero-order valence-corrected chi connectivity index (χ0v) is 4.73. The van der Waals surface area contributed by atoms with Gasteiger partial charge in [0.2, 0.25) is 0 Å². The maximum absolute atomic E-state index is 7.01. The van der Waals surface area contributed by atoms with Gasteiger partial charge in [0.15, 0.2) is 0 Å². The Morgan fingerprint density at radius 1 is 1.57 bits per heavy atom. The molecule has 0 unspecified atom stereocenters. The van der Waals surface area contributed by atoms with Crippen molar-refractivity contribution in [3.63, 3.8) is 0 Å². The average Bonchev–Trinajstić information content (AvgIpc) is 1.80. The van der Waals surface area contributed by atoms with Crippen molar-refractivity contribution in [3.8, 4) is 0 Å². The first-order valence-corrected chi connectivity index (χ1v) is 2.32. The molecule has 0 heteroatoms. The Morgan fingerprint density at radius 2 is 2.29 bits per heavy atom. The van der Waals surface area contributed by atoms with Crippen LogP contribution in [0.1, 0.15) is 24.8 Å². The summed E-state index contributed by atoms with van der Waals surface area (Å²) in [5.74, 6) is 0. The molecule has 0 aromatic rings. The second-order valence-corrected chi connectivity index (χ2v) is 1.24. The monoisotopic (exact) mass is 99.1 g/mol. The summed E-state index contributed by atoms with van der Waals surface area (Å²) < 4.78 is 21.0. The molecule has 0 aliphatic heterocycles. The van der Waals surface area contributed by atoms with Gasteiger partial charge in [-0.2, -0.15) is 0 Å². The van der Waals surface area contributed by atoms with Gasteiger partial charge in [-0.05, 0) is 20.7 Å². The van der Waals surface area contributed by atoms with Crippen LogP contribution < -0.4 is 0 Å². The smallest absolute Gasteiger partial charge is 0.0280 e. The van der Waals surface area contributed by atoms with E-state index in [0.29, 0.717) is 5.57 Å². The molecule has 0 aliphatic carbocycles. The predicted molar refractivity (Wildman–Crippen MR) is 34.2 cm³/mol. The maximum Gasteiger partial charge on any atom is 0.0280 e. The lowest BCUT2D eigenvalue weighted by molar-refractivity contribution is 1.46. The lowest BCUT2D eigenvalue weighted by Gasteiger charge is -1.81. The van der Waals surface area contributed by atoms with Gasteiger partial charge in [-0.1, -0.05) is 23.8 Å². The largest absolute Gasteiger partial charge is 0.0874 e. The second kappa shape index (κ2) is 3.66. The second-order valence-electron chi connectivity index (χ2n) is 1.24. The van der Waals surface area contributed by atoms with Gasteiger partial charge in [0.25, 0.3) is 0 Å². The molecule has 0 saturated carbocycles. The molecule has 0 heterocycles. The molecule has 40 valence electrons. The fourth-order valence-corrected chi connectivity index (χ4v) is 0.276. The summed E-state index contributed by atoms with van der Waals surface area (Å²) in [6, 6.07) is 0. The van der Waals surface area contributed by atoms with Crippen LogP contribution in [0.25, 0.3) is 0 Å². The number of rotatable bonds is 1. The van der Waals surface area contributed by atoms with E-state index in [0.717, 1.165) is 0 Å². The Morgan fingerprint density at radius 3 is 2.43 bits per heavy atom. The summed E-state index contributed by atoms with van der Waals surface area (Å²) in [5.41, 5.74) is 0.398. The predicted octanol–water partition coefficient (Wildman–Crippen LogP) is 2.53. The van der Waals surface area contributed by atoms with E-state index in [4.69, 9.17) is 4.11 Å². The Kier molecular flexibility index (Phi) is 1.42. The molecule has 0 N–H and O–H groups in total. The summed E-state index contributed by atoms with van der Waals surface area (Å²) in [7, 11) is 0. The third kappa shape index (κ3) is 3.31. The number of hydrogen-bond acceptors (Lipinski definition) is 0. The third-order valence-corrected chi connectivity index (χ3v) is 0.657.